The van der Waals surface area contributed by atoms with Gasteiger partial charge in [-0.05, 0) is 121 Å². The number of pyridine rings is 1. The molecule has 2 fully saturated rings. The molecule has 0 unspecified atom stereocenters. The van der Waals surface area contributed by atoms with Crippen LogP contribution in [0, 0.1) is 12.7 Å². The van der Waals surface area contributed by atoms with Gasteiger partial charge in [0.05, 0.1) is 10.3 Å². The van der Waals surface area contributed by atoms with E-state index in [4.69, 9.17) is 9.47 Å². The van der Waals surface area contributed by atoms with Gasteiger partial charge in [-0.1, -0.05) is 23.8 Å². The molecule has 1 saturated carbocycles. The zero-order valence-corrected chi connectivity index (χ0v) is 29.8. The van der Waals surface area contributed by atoms with Gasteiger partial charge in [-0.2, -0.15) is 0 Å². The standard InChI is InChI=1S/C37H44FN5O6S/c1-23-6-11-27(12-7-23)50(46,47)43-22-28(25-9-10-25)33-32(14-17-39-34(33)43)48-31-13-8-24(20-29(31)38)21-30(41-36(45)49-37(2,3)4)35(44)40-26-15-18-42(5)19-16-26/h6-8,11-14,17,20,22,25-26,30H,9-10,15-16,18-19,21H2,1-5H3,(H,40,44)(H,41,45)/t30-/m0/s1. The van der Waals surface area contributed by atoms with Crippen LogP contribution in [0.2, 0.25) is 0 Å². The van der Waals surface area contributed by atoms with Gasteiger partial charge in [0.15, 0.2) is 17.2 Å². The molecule has 1 aliphatic carbocycles. The number of benzene rings is 2. The maximum atomic E-state index is 15.7. The molecule has 3 heterocycles. The van der Waals surface area contributed by atoms with Gasteiger partial charge in [0.1, 0.15) is 17.4 Å². The molecular weight excluding hydrogens is 662 g/mol. The largest absolute Gasteiger partial charge is 0.453 e. The van der Waals surface area contributed by atoms with Crippen molar-refractivity contribution in [1.82, 2.24) is 24.5 Å². The third-order valence-corrected chi connectivity index (χ3v) is 10.6. The highest BCUT2D eigenvalue weighted by molar-refractivity contribution is 7.90. The molecule has 4 aromatic rings. The Morgan fingerprint density at radius 2 is 1.72 bits per heavy atom. The summed E-state index contributed by atoms with van der Waals surface area (Å²) in [7, 11) is -1.94. The molecule has 2 aromatic carbocycles. The number of nitrogens with zero attached hydrogens (tertiary/aromatic N) is 3. The molecule has 50 heavy (non-hydrogen) atoms. The minimum absolute atomic E-state index is 0.0138. The van der Waals surface area contributed by atoms with E-state index < -0.39 is 33.6 Å². The van der Waals surface area contributed by atoms with E-state index in [2.05, 4.69) is 20.5 Å². The van der Waals surface area contributed by atoms with E-state index in [0.717, 1.165) is 49.9 Å². The molecule has 1 atom stereocenters. The van der Waals surface area contributed by atoms with Gasteiger partial charge in [0.25, 0.3) is 10.0 Å². The normalized spacial score (nSPS) is 16.6. The molecular formula is C37H44FN5O6S. The minimum Gasteiger partial charge on any atom is -0.453 e. The summed E-state index contributed by atoms with van der Waals surface area (Å²) >= 11 is 0. The Hall–Kier alpha value is -4.49. The maximum absolute atomic E-state index is 15.7. The molecule has 1 saturated heterocycles. The van der Waals surface area contributed by atoms with Crippen LogP contribution in [0.5, 0.6) is 11.5 Å². The molecule has 0 spiro atoms. The van der Waals surface area contributed by atoms with Crippen LogP contribution >= 0.6 is 0 Å². The van der Waals surface area contributed by atoms with Crippen LogP contribution in [0.15, 0.2) is 65.8 Å². The predicted molar refractivity (Wildman–Crippen MR) is 187 cm³/mol. The Morgan fingerprint density at radius 3 is 2.36 bits per heavy atom. The number of ether oxygens (including phenoxy) is 2. The molecule has 2 aromatic heterocycles. The second-order valence-electron chi connectivity index (χ2n) is 14.3. The summed E-state index contributed by atoms with van der Waals surface area (Å²) in [5.41, 5.74) is 1.61. The van der Waals surface area contributed by atoms with Crippen LogP contribution in [-0.4, -0.2) is 72.1 Å². The monoisotopic (exact) mass is 705 g/mol. The molecule has 2 amide bonds. The van der Waals surface area contributed by atoms with E-state index in [1.807, 2.05) is 14.0 Å². The first-order valence-electron chi connectivity index (χ1n) is 16.9. The Morgan fingerprint density at radius 1 is 1.02 bits per heavy atom. The summed E-state index contributed by atoms with van der Waals surface area (Å²) in [5.74, 6) is -0.712. The quantitative estimate of drug-likeness (QED) is 0.204. The Bertz CT molecular complexity index is 1990. The number of alkyl carbamates (subject to hydrolysis) is 1. The van der Waals surface area contributed by atoms with Gasteiger partial charge in [-0.25, -0.2) is 26.6 Å². The van der Waals surface area contributed by atoms with E-state index in [0.29, 0.717) is 10.9 Å². The number of carbonyl (C=O) groups excluding carboxylic acids is 2. The van der Waals surface area contributed by atoms with Crippen LogP contribution in [0.4, 0.5) is 9.18 Å². The van der Waals surface area contributed by atoms with Crippen molar-refractivity contribution in [3.8, 4) is 11.5 Å². The number of carbonyl (C=O) groups is 2. The summed E-state index contributed by atoms with van der Waals surface area (Å²) in [6, 6.07) is 11.5. The molecule has 13 heteroatoms. The fraction of sp³-hybridized carbons (Fsp3) is 0.432. The lowest BCUT2D eigenvalue weighted by Crippen LogP contribution is -2.53. The Kier molecular flexibility index (Phi) is 9.91. The van der Waals surface area contributed by atoms with Crippen molar-refractivity contribution in [3.05, 3.63) is 83.4 Å². The van der Waals surface area contributed by atoms with Gasteiger partial charge < -0.3 is 25.0 Å². The van der Waals surface area contributed by atoms with Crippen molar-refractivity contribution in [2.45, 2.75) is 88.3 Å². The van der Waals surface area contributed by atoms with Gasteiger partial charge in [0.2, 0.25) is 5.91 Å². The predicted octanol–water partition coefficient (Wildman–Crippen LogP) is 6.04. The molecule has 266 valence electrons. The Balaban J connectivity index is 1.25. The number of halogens is 1. The average Bonchev–Trinajstić information content (AvgIpc) is 3.81. The van der Waals surface area contributed by atoms with Crippen molar-refractivity contribution >= 4 is 33.1 Å². The van der Waals surface area contributed by atoms with Crippen molar-refractivity contribution in [1.29, 1.82) is 0 Å². The van der Waals surface area contributed by atoms with E-state index >= 15 is 4.39 Å². The van der Waals surface area contributed by atoms with E-state index in [-0.39, 0.29) is 46.3 Å². The van der Waals surface area contributed by atoms with E-state index in [9.17, 15) is 18.0 Å². The number of aromatic nitrogens is 2. The number of hydrogen-bond acceptors (Lipinski definition) is 8. The lowest BCUT2D eigenvalue weighted by molar-refractivity contribution is -0.124. The zero-order chi connectivity index (χ0) is 35.8. The fourth-order valence-corrected chi connectivity index (χ4v) is 7.47. The summed E-state index contributed by atoms with van der Waals surface area (Å²) in [6.07, 6.45) is 5.67. The summed E-state index contributed by atoms with van der Waals surface area (Å²) in [5, 5.41) is 6.23. The number of nitrogens with one attached hydrogen (secondary N) is 2. The third-order valence-electron chi connectivity index (χ3n) is 8.97. The van der Waals surface area contributed by atoms with Crippen LogP contribution in [0.25, 0.3) is 11.0 Å². The number of amides is 2. The first kappa shape index (κ1) is 35.3. The smallest absolute Gasteiger partial charge is 0.408 e. The summed E-state index contributed by atoms with van der Waals surface area (Å²) < 4.78 is 55.9. The fourth-order valence-electron chi connectivity index (χ4n) is 6.14. The van der Waals surface area contributed by atoms with Crippen molar-refractivity contribution in [2.75, 3.05) is 20.1 Å². The van der Waals surface area contributed by atoms with Crippen LogP contribution in [0.3, 0.4) is 0 Å². The molecule has 1 aliphatic heterocycles. The number of aryl methyl sites for hydroxylation is 1. The van der Waals surface area contributed by atoms with E-state index in [1.165, 1.54) is 22.3 Å². The second kappa shape index (κ2) is 14.0. The highest BCUT2D eigenvalue weighted by Gasteiger charge is 2.33. The number of fused-ring (bicyclic) bond motifs is 1. The van der Waals surface area contributed by atoms with Crippen LogP contribution in [0.1, 0.15) is 69.1 Å². The molecule has 6 rings (SSSR count). The SMILES string of the molecule is Cc1ccc(S(=O)(=O)n2cc(C3CC3)c3c(Oc4ccc(C[C@H](NC(=O)OC(C)(C)C)C(=O)NC5CCN(C)CC5)cc4F)ccnc32)cc1. The highest BCUT2D eigenvalue weighted by Crippen LogP contribution is 2.47. The topological polar surface area (TPSA) is 132 Å². The Labute approximate surface area is 292 Å². The first-order chi connectivity index (χ1) is 23.7. The number of piperidine rings is 1. The lowest BCUT2D eigenvalue weighted by atomic mass is 10.0. The molecule has 2 N–H and O–H groups in total. The first-order valence-corrected chi connectivity index (χ1v) is 18.4. The van der Waals surface area contributed by atoms with Crippen LogP contribution < -0.4 is 15.4 Å². The summed E-state index contributed by atoms with van der Waals surface area (Å²) in [6.45, 7) is 8.78. The molecule has 11 nitrogen and oxygen atoms in total. The number of likely N-dealkylation sites (tertiary alicyclic amines) is 1. The van der Waals surface area contributed by atoms with Gasteiger partial charge in [0, 0.05) is 24.9 Å². The second-order valence-corrected chi connectivity index (χ2v) is 16.2. The van der Waals surface area contributed by atoms with Gasteiger partial charge in [-0.3, -0.25) is 4.79 Å². The van der Waals surface area contributed by atoms with Crippen molar-refractivity contribution < 1.29 is 31.9 Å². The van der Waals surface area contributed by atoms with Crippen LogP contribution in [-0.2, 0) is 26.0 Å². The third kappa shape index (κ3) is 8.10. The maximum Gasteiger partial charge on any atom is 0.408 e. The minimum atomic E-state index is -3.97. The summed E-state index contributed by atoms with van der Waals surface area (Å²) in [4.78, 5) is 32.9. The molecule has 2 aliphatic rings. The van der Waals surface area contributed by atoms with Crippen molar-refractivity contribution in [2.24, 2.45) is 0 Å². The molecule has 0 bridgehead atoms. The number of rotatable bonds is 10. The number of hydrogen-bond donors (Lipinski definition) is 2. The van der Waals surface area contributed by atoms with Gasteiger partial charge >= 0.3 is 6.09 Å². The van der Waals surface area contributed by atoms with E-state index in [1.54, 1.807) is 63.4 Å². The average molecular weight is 706 g/mol. The zero-order valence-electron chi connectivity index (χ0n) is 29.0. The van der Waals surface area contributed by atoms with Crippen molar-refractivity contribution in [3.63, 3.8) is 0 Å². The molecule has 0 radical (unpaired) electrons. The van der Waals surface area contributed by atoms with Gasteiger partial charge in [-0.15, -0.1) is 0 Å². The lowest BCUT2D eigenvalue weighted by Gasteiger charge is -2.31. The highest BCUT2D eigenvalue weighted by atomic mass is 32.2.